The van der Waals surface area contributed by atoms with Crippen molar-refractivity contribution in [2.24, 2.45) is 0 Å². The molecule has 1 aliphatic rings. The fourth-order valence-electron chi connectivity index (χ4n) is 4.78. The molecule has 0 N–H and O–H groups in total. The molecule has 0 amide bonds. The van der Waals surface area contributed by atoms with Gasteiger partial charge in [-0.15, -0.1) is 0 Å². The summed E-state index contributed by atoms with van der Waals surface area (Å²) in [6.07, 6.45) is 11.5. The number of aryl methyl sites for hydroxylation is 1. The molecule has 16 heteroatoms. The third-order valence-electron chi connectivity index (χ3n) is 6.76. The summed E-state index contributed by atoms with van der Waals surface area (Å²) in [5.41, 5.74) is 3.47. The average molecular weight is 763 g/mol. The van der Waals surface area contributed by atoms with Gasteiger partial charge in [-0.3, -0.25) is 4.98 Å². The number of thiazole rings is 1. The molecular weight excluding hydrogens is 737 g/mol. The Morgan fingerprint density at radius 2 is 1.61 bits per heavy atom. The van der Waals surface area contributed by atoms with E-state index in [-0.39, 0.29) is 64.2 Å². The molecule has 2 aromatic heterocycles. The molecule has 0 saturated carbocycles. The molecule has 4 aromatic rings. The molecule has 9 nitrogen and oxygen atoms in total. The van der Waals surface area contributed by atoms with E-state index in [2.05, 4.69) is 4.98 Å². The van der Waals surface area contributed by atoms with Crippen LogP contribution in [0.4, 0.5) is 5.69 Å². The third-order valence-corrected chi connectivity index (χ3v) is 11.0. The summed E-state index contributed by atoms with van der Waals surface area (Å²) in [5.74, 6) is -0.932. The molecule has 46 heavy (non-hydrogen) atoms. The summed E-state index contributed by atoms with van der Waals surface area (Å²) in [6, 6.07) is 14.7. The van der Waals surface area contributed by atoms with Crippen molar-refractivity contribution in [3.63, 3.8) is 0 Å². The second-order valence-corrected chi connectivity index (χ2v) is 16.0. The van der Waals surface area contributed by atoms with E-state index in [9.17, 15) is 25.9 Å². The van der Waals surface area contributed by atoms with Crippen LogP contribution in [0.5, 0.6) is 0 Å². The summed E-state index contributed by atoms with van der Waals surface area (Å²) in [6.45, 7) is 0.652. The molecule has 0 fully saturated rings. The van der Waals surface area contributed by atoms with Crippen LogP contribution in [0, 0.1) is 0 Å². The molecule has 0 unspecified atom stereocenters. The van der Waals surface area contributed by atoms with E-state index in [0.29, 0.717) is 23.1 Å². The monoisotopic (exact) mass is 761 g/mol. The van der Waals surface area contributed by atoms with Crippen molar-refractivity contribution in [2.45, 2.75) is 24.3 Å². The number of halogens is 2. The minimum absolute atomic E-state index is 0. The van der Waals surface area contributed by atoms with E-state index >= 15 is 0 Å². The van der Waals surface area contributed by atoms with E-state index in [1.54, 1.807) is 24.5 Å². The number of rotatable bonds is 12. The van der Waals surface area contributed by atoms with Gasteiger partial charge in [-0.25, -0.2) is 16.8 Å². The van der Waals surface area contributed by atoms with Crippen LogP contribution in [-0.4, -0.2) is 49.0 Å². The largest absolute Gasteiger partial charge is 1.00 e. The van der Waals surface area contributed by atoms with Gasteiger partial charge in [0.1, 0.15) is 4.70 Å². The molecule has 2 aromatic carbocycles. The van der Waals surface area contributed by atoms with E-state index in [1.165, 1.54) is 23.1 Å². The number of fused-ring (bicyclic) bond motifs is 2. The van der Waals surface area contributed by atoms with E-state index in [1.807, 2.05) is 70.2 Å². The molecule has 0 saturated heterocycles. The molecule has 1 aliphatic heterocycles. The van der Waals surface area contributed by atoms with Crippen molar-refractivity contribution >= 4 is 94.1 Å². The van der Waals surface area contributed by atoms with Crippen molar-refractivity contribution in [3.8, 4) is 0 Å². The van der Waals surface area contributed by atoms with Gasteiger partial charge in [0.05, 0.1) is 31.0 Å². The molecule has 3 heterocycles. The number of pyridine rings is 1. The Morgan fingerprint density at radius 1 is 0.935 bits per heavy atom. The van der Waals surface area contributed by atoms with Gasteiger partial charge in [0, 0.05) is 63.9 Å². The van der Waals surface area contributed by atoms with Crippen LogP contribution in [0.15, 0.2) is 89.1 Å². The van der Waals surface area contributed by atoms with Crippen LogP contribution < -0.4 is 60.9 Å². The second-order valence-electron chi connectivity index (χ2n) is 10.00. The molecule has 0 atom stereocenters. The van der Waals surface area contributed by atoms with Crippen LogP contribution >= 0.6 is 46.3 Å². The summed E-state index contributed by atoms with van der Waals surface area (Å²) in [7, 11) is -8.69. The van der Waals surface area contributed by atoms with Crippen molar-refractivity contribution in [1.29, 1.82) is 0 Å². The molecule has 236 valence electrons. The SMILES string of the molecule is O=S(=O)([O-])CCCN1/C(=C/C=C(/C=C/c2sc3cc(Cl)ccc3[n+]2CCCS(=O)(=O)[O-])c2ccncc2)Sc2cc(Cl)ccc21.[K+]. The molecule has 0 radical (unpaired) electrons. The first-order valence-electron chi connectivity index (χ1n) is 13.6. The smallest absolute Gasteiger partial charge is 0.748 e. The van der Waals surface area contributed by atoms with Gasteiger partial charge < -0.3 is 14.0 Å². The van der Waals surface area contributed by atoms with Gasteiger partial charge in [-0.1, -0.05) is 52.4 Å². The summed E-state index contributed by atoms with van der Waals surface area (Å²) in [5, 5.41) is 2.82. The van der Waals surface area contributed by atoms with E-state index < -0.39 is 31.7 Å². The Hall–Kier alpha value is -1.11. The van der Waals surface area contributed by atoms with Crippen LogP contribution in [0.25, 0.3) is 21.9 Å². The van der Waals surface area contributed by atoms with Crippen LogP contribution in [0.2, 0.25) is 10.0 Å². The maximum absolute atomic E-state index is 11.3. The summed E-state index contributed by atoms with van der Waals surface area (Å²) < 4.78 is 70.4. The van der Waals surface area contributed by atoms with Gasteiger partial charge in [-0.05, 0) is 72.2 Å². The number of benzene rings is 2. The fraction of sp³-hybridized carbons (Fsp3) is 0.200. The van der Waals surface area contributed by atoms with Crippen molar-refractivity contribution in [1.82, 2.24) is 4.98 Å². The van der Waals surface area contributed by atoms with Gasteiger partial charge >= 0.3 is 51.4 Å². The van der Waals surface area contributed by atoms with Crippen LogP contribution in [-0.2, 0) is 26.8 Å². The minimum atomic E-state index is -4.35. The Morgan fingerprint density at radius 3 is 2.33 bits per heavy atom. The van der Waals surface area contributed by atoms with Gasteiger partial charge in [-0.2, -0.15) is 4.57 Å². The molecular formula is C30H26Cl2KN3O6S4. The van der Waals surface area contributed by atoms with Crippen molar-refractivity contribution in [3.05, 3.63) is 105 Å². The first-order valence-corrected chi connectivity index (χ1v) is 19.2. The number of hydrogen-bond donors (Lipinski definition) is 0. The molecule has 0 bridgehead atoms. The van der Waals surface area contributed by atoms with Crippen LogP contribution in [0.1, 0.15) is 23.4 Å². The first-order chi connectivity index (χ1) is 21.4. The number of nitrogens with zero attached hydrogens (tertiary/aromatic N) is 3. The predicted octanol–water partition coefficient (Wildman–Crippen LogP) is 3.32. The Balaban J connectivity index is 0.00000480. The summed E-state index contributed by atoms with van der Waals surface area (Å²) in [4.78, 5) is 7.02. The second kappa shape index (κ2) is 16.5. The zero-order valence-electron chi connectivity index (χ0n) is 24.5. The number of aromatic nitrogens is 2. The zero-order chi connectivity index (χ0) is 32.2. The van der Waals surface area contributed by atoms with Crippen molar-refractivity contribution in [2.75, 3.05) is 23.0 Å². The van der Waals surface area contributed by atoms with E-state index in [0.717, 1.165) is 42.0 Å². The minimum Gasteiger partial charge on any atom is -0.748 e. The van der Waals surface area contributed by atoms with E-state index in [4.69, 9.17) is 23.2 Å². The molecule has 0 spiro atoms. The quantitative estimate of drug-likeness (QED) is 0.0923. The van der Waals surface area contributed by atoms with Gasteiger partial charge in [0.15, 0.2) is 6.54 Å². The van der Waals surface area contributed by atoms with Crippen molar-refractivity contribution < 1.29 is 81.9 Å². The number of thioether (sulfide) groups is 1. The fourth-order valence-corrected chi connectivity index (χ4v) is 8.48. The predicted molar refractivity (Wildman–Crippen MR) is 179 cm³/mol. The maximum atomic E-state index is 11.3. The third kappa shape index (κ3) is 10.4. The Labute approximate surface area is 328 Å². The van der Waals surface area contributed by atoms with Crippen LogP contribution in [0.3, 0.4) is 0 Å². The maximum Gasteiger partial charge on any atom is 1.00 e. The normalized spacial score (nSPS) is 14.7. The zero-order valence-corrected chi connectivity index (χ0v) is 32.4. The first kappa shape index (κ1) is 37.7. The average Bonchev–Trinajstić information content (AvgIpc) is 3.48. The Bertz CT molecular complexity index is 2040. The Kier molecular flexibility index (Phi) is 13.5. The van der Waals surface area contributed by atoms with Gasteiger partial charge in [0.2, 0.25) is 5.52 Å². The topological polar surface area (TPSA) is 134 Å². The molecule has 5 rings (SSSR count). The van der Waals surface area contributed by atoms with Gasteiger partial charge in [0.25, 0.3) is 5.01 Å². The number of anilines is 1. The number of allylic oxidation sites excluding steroid dienone is 4. The summed E-state index contributed by atoms with van der Waals surface area (Å²) >= 11 is 15.5. The molecule has 0 aliphatic carbocycles. The standard InChI is InChI=1S/C30H27Cl2N3O6S4.K/c31-23-5-7-25-27(19-23)42-29(34(25)15-1-17-44(36,37)38)9-3-21(22-11-13-33-14-12-22)4-10-30-35(16-2-18-45(39,40)41)26-8-6-24(32)20-28(26)43-30;/h3-14,19-20H,1-2,15-18H2,(H-,36,37,38,39,40,41);/q;+1/p-1. The number of hydrogen-bond acceptors (Lipinski definition) is 10.